The Morgan fingerprint density at radius 2 is 1.95 bits per heavy atom. The molecule has 0 aromatic carbocycles. The molecule has 1 fully saturated rings. The van der Waals surface area contributed by atoms with E-state index in [2.05, 4.69) is 10.0 Å². The average molecular weight is 323 g/mol. The largest absolute Gasteiger partial charge is 0.480 e. The van der Waals surface area contributed by atoms with Crippen LogP contribution in [-0.2, 0) is 14.8 Å². The molecule has 0 bridgehead atoms. The number of carbonyl (C=O) groups is 2. The number of carboxylic acid groups (broad SMARTS) is 1. The summed E-state index contributed by atoms with van der Waals surface area (Å²) in [5.74, 6) is -1.18. The molecule has 0 saturated carbocycles. The van der Waals surface area contributed by atoms with Gasteiger partial charge in [-0.25, -0.2) is 22.7 Å². The van der Waals surface area contributed by atoms with Crippen molar-refractivity contribution in [2.75, 3.05) is 19.3 Å². The van der Waals surface area contributed by atoms with E-state index in [1.54, 1.807) is 13.8 Å². The lowest BCUT2D eigenvalue weighted by atomic mass is 10.1. The van der Waals surface area contributed by atoms with Crippen molar-refractivity contribution in [3.05, 3.63) is 0 Å². The van der Waals surface area contributed by atoms with Gasteiger partial charge in [-0.3, -0.25) is 0 Å². The van der Waals surface area contributed by atoms with Gasteiger partial charge in [0.25, 0.3) is 0 Å². The molecule has 0 aromatic rings. The Labute approximate surface area is 123 Å². The normalized spacial score (nSPS) is 23.1. The van der Waals surface area contributed by atoms with Gasteiger partial charge in [-0.2, -0.15) is 0 Å². The molecule has 1 saturated heterocycles. The van der Waals surface area contributed by atoms with Crippen LogP contribution in [0.5, 0.6) is 0 Å². The van der Waals surface area contributed by atoms with Gasteiger partial charge >= 0.3 is 12.0 Å². The molecule has 2 atom stereocenters. The molecule has 21 heavy (non-hydrogen) atoms. The number of aliphatic hydroxyl groups excluding tert-OH is 1. The van der Waals surface area contributed by atoms with Crippen LogP contribution >= 0.6 is 0 Å². The van der Waals surface area contributed by atoms with Crippen molar-refractivity contribution >= 4 is 22.0 Å². The molecule has 0 spiro atoms. The molecule has 10 heteroatoms. The van der Waals surface area contributed by atoms with Crippen molar-refractivity contribution < 1.29 is 28.2 Å². The van der Waals surface area contributed by atoms with Gasteiger partial charge in [0.1, 0.15) is 6.04 Å². The summed E-state index contributed by atoms with van der Waals surface area (Å²) < 4.78 is 24.7. The molecular formula is C11H21N3O6S. The van der Waals surface area contributed by atoms with Crippen molar-refractivity contribution in [1.82, 2.24) is 14.9 Å². The third-order valence-corrected chi connectivity index (χ3v) is 3.89. The number of sulfonamides is 1. The molecule has 0 radical (unpaired) electrons. The first-order valence-corrected chi connectivity index (χ1v) is 8.25. The van der Waals surface area contributed by atoms with Crippen molar-refractivity contribution in [2.24, 2.45) is 0 Å². The van der Waals surface area contributed by atoms with Crippen LogP contribution in [-0.4, -0.2) is 72.6 Å². The number of aliphatic hydroxyl groups is 1. The summed E-state index contributed by atoms with van der Waals surface area (Å²) in [5.41, 5.74) is -0.916. The zero-order valence-electron chi connectivity index (χ0n) is 12.2. The van der Waals surface area contributed by atoms with Crippen LogP contribution < -0.4 is 10.0 Å². The van der Waals surface area contributed by atoms with Crippen LogP contribution in [0.4, 0.5) is 4.79 Å². The molecule has 122 valence electrons. The lowest BCUT2D eigenvalue weighted by molar-refractivity contribution is -0.141. The van der Waals surface area contributed by atoms with Gasteiger partial charge in [-0.15, -0.1) is 0 Å². The van der Waals surface area contributed by atoms with Gasteiger partial charge in [0.05, 0.1) is 12.4 Å². The number of aliphatic carboxylic acids is 1. The molecule has 1 heterocycles. The van der Waals surface area contributed by atoms with Gasteiger partial charge in [0.15, 0.2) is 0 Å². The Morgan fingerprint density at radius 1 is 1.38 bits per heavy atom. The summed E-state index contributed by atoms with van der Waals surface area (Å²) in [7, 11) is -3.43. The Hall–Kier alpha value is -1.39. The van der Waals surface area contributed by atoms with Crippen molar-refractivity contribution in [1.29, 1.82) is 0 Å². The number of hydrogen-bond acceptors (Lipinski definition) is 5. The number of carbonyl (C=O) groups excluding carboxylic acids is 1. The van der Waals surface area contributed by atoms with E-state index in [-0.39, 0.29) is 19.5 Å². The first kappa shape index (κ1) is 17.7. The summed E-state index contributed by atoms with van der Waals surface area (Å²) in [6, 6.07) is -1.73. The minimum absolute atomic E-state index is 0.0160. The number of amides is 2. The molecule has 1 rings (SSSR count). The zero-order chi connectivity index (χ0) is 16.4. The number of β-amino-alcohol motifs (C(OH)–C–C–N with tert-alkyl or cyclic N) is 1. The number of hydrogen-bond donors (Lipinski definition) is 4. The zero-order valence-corrected chi connectivity index (χ0v) is 13.0. The minimum atomic E-state index is -3.43. The molecule has 1 unspecified atom stereocenters. The summed E-state index contributed by atoms with van der Waals surface area (Å²) >= 11 is 0. The lowest BCUT2D eigenvalue weighted by Crippen LogP contribution is -2.54. The first-order chi connectivity index (χ1) is 9.41. The van der Waals surface area contributed by atoms with E-state index in [0.717, 1.165) is 11.2 Å². The van der Waals surface area contributed by atoms with E-state index >= 15 is 0 Å². The Bertz CT molecular complexity index is 518. The standard InChI is InChI=1S/C11H21N3O6S/c1-11(2,13-21(3,19)20)6-12-10(18)14-5-7(15)4-8(14)9(16)17/h7-8,13,15H,4-6H2,1-3H3,(H,12,18)(H,16,17)/t7?,8-/m0/s1. The predicted octanol–water partition coefficient (Wildman–Crippen LogP) is -1.46. The highest BCUT2D eigenvalue weighted by atomic mass is 32.2. The number of rotatable bonds is 5. The molecule has 4 N–H and O–H groups in total. The fourth-order valence-electron chi connectivity index (χ4n) is 2.21. The highest BCUT2D eigenvalue weighted by Gasteiger charge is 2.39. The third-order valence-electron chi connectivity index (χ3n) is 2.97. The number of nitrogens with one attached hydrogen (secondary N) is 2. The predicted molar refractivity (Wildman–Crippen MR) is 74.2 cm³/mol. The van der Waals surface area contributed by atoms with Crippen molar-refractivity contribution in [3.8, 4) is 0 Å². The maximum atomic E-state index is 12.0. The van der Waals surface area contributed by atoms with E-state index in [9.17, 15) is 23.1 Å². The van der Waals surface area contributed by atoms with Crippen LogP contribution in [0.1, 0.15) is 20.3 Å². The van der Waals surface area contributed by atoms with Gasteiger partial charge < -0.3 is 20.4 Å². The van der Waals surface area contributed by atoms with Gasteiger partial charge in [0, 0.05) is 25.0 Å². The topological polar surface area (TPSA) is 136 Å². The van der Waals surface area contributed by atoms with E-state index in [0.29, 0.717) is 0 Å². The molecular weight excluding hydrogens is 302 g/mol. The Morgan fingerprint density at radius 3 is 2.43 bits per heavy atom. The first-order valence-electron chi connectivity index (χ1n) is 6.35. The molecule has 0 aliphatic carbocycles. The average Bonchev–Trinajstić information content (AvgIpc) is 2.65. The maximum Gasteiger partial charge on any atom is 0.326 e. The molecule has 1 aliphatic heterocycles. The molecule has 2 amide bonds. The van der Waals surface area contributed by atoms with Gasteiger partial charge in [-0.1, -0.05) is 0 Å². The van der Waals surface area contributed by atoms with Crippen LogP contribution in [0.3, 0.4) is 0 Å². The number of carboxylic acids is 1. The second kappa shape index (κ2) is 6.16. The SMILES string of the molecule is CC(C)(CNC(=O)N1CC(O)C[C@H]1C(=O)O)NS(C)(=O)=O. The quantitative estimate of drug-likeness (QED) is 0.488. The lowest BCUT2D eigenvalue weighted by Gasteiger charge is -2.28. The number of urea groups is 1. The second-order valence-corrected chi connectivity index (χ2v) is 7.56. The van der Waals surface area contributed by atoms with E-state index in [1.165, 1.54) is 0 Å². The summed E-state index contributed by atoms with van der Waals surface area (Å²) in [5, 5.41) is 21.0. The van der Waals surface area contributed by atoms with Crippen LogP contribution in [0.15, 0.2) is 0 Å². The van der Waals surface area contributed by atoms with Crippen molar-refractivity contribution in [2.45, 2.75) is 38.0 Å². The molecule has 1 aliphatic rings. The highest BCUT2D eigenvalue weighted by Crippen LogP contribution is 2.18. The smallest absolute Gasteiger partial charge is 0.326 e. The summed E-state index contributed by atoms with van der Waals surface area (Å²) in [6.45, 7) is 3.09. The third kappa shape index (κ3) is 5.48. The second-order valence-electron chi connectivity index (χ2n) is 5.81. The molecule has 9 nitrogen and oxygen atoms in total. The maximum absolute atomic E-state index is 12.0. The summed E-state index contributed by atoms with van der Waals surface area (Å²) in [4.78, 5) is 24.0. The summed E-state index contributed by atoms with van der Waals surface area (Å²) in [6.07, 6.45) is 0.112. The fourth-order valence-corrected chi connectivity index (χ4v) is 3.28. The minimum Gasteiger partial charge on any atom is -0.480 e. The van der Waals surface area contributed by atoms with E-state index in [4.69, 9.17) is 5.11 Å². The monoisotopic (exact) mass is 323 g/mol. The van der Waals surface area contributed by atoms with Gasteiger partial charge in [-0.05, 0) is 13.8 Å². The Kier molecular flexibility index (Phi) is 5.18. The fraction of sp³-hybridized carbons (Fsp3) is 0.818. The van der Waals surface area contributed by atoms with E-state index < -0.39 is 39.7 Å². The molecule has 0 aromatic heterocycles. The number of nitrogens with zero attached hydrogens (tertiary/aromatic N) is 1. The Balaban J connectivity index is 2.63. The van der Waals surface area contributed by atoms with Gasteiger partial charge in [0.2, 0.25) is 10.0 Å². The van der Waals surface area contributed by atoms with Crippen LogP contribution in [0.25, 0.3) is 0 Å². The van der Waals surface area contributed by atoms with Crippen LogP contribution in [0.2, 0.25) is 0 Å². The van der Waals surface area contributed by atoms with E-state index in [1.807, 2.05) is 0 Å². The highest BCUT2D eigenvalue weighted by molar-refractivity contribution is 7.88. The van der Waals surface area contributed by atoms with Crippen molar-refractivity contribution in [3.63, 3.8) is 0 Å². The van der Waals surface area contributed by atoms with Crippen LogP contribution in [0, 0.1) is 0 Å². The number of likely N-dealkylation sites (tertiary alicyclic amines) is 1.